The zero-order chi connectivity index (χ0) is 13.7. The summed E-state index contributed by atoms with van der Waals surface area (Å²) in [6.07, 6.45) is 5.24. The summed E-state index contributed by atoms with van der Waals surface area (Å²) in [4.78, 5) is 7.46. The van der Waals surface area contributed by atoms with Crippen LogP contribution in [0.15, 0.2) is 5.38 Å². The van der Waals surface area contributed by atoms with Gasteiger partial charge in [-0.25, -0.2) is 4.98 Å². The van der Waals surface area contributed by atoms with E-state index in [1.54, 1.807) is 11.3 Å². The average molecular weight is 281 g/mol. The van der Waals surface area contributed by atoms with Gasteiger partial charge in [0.15, 0.2) is 0 Å². The maximum Gasteiger partial charge on any atom is 0.0898 e. The fraction of sp³-hybridized carbons (Fsp3) is 0.800. The van der Waals surface area contributed by atoms with Crippen LogP contribution in [0.1, 0.15) is 49.4 Å². The van der Waals surface area contributed by atoms with Crippen molar-refractivity contribution in [3.05, 3.63) is 16.1 Å². The first-order valence-corrected chi connectivity index (χ1v) is 8.45. The topological polar surface area (TPSA) is 28.2 Å². The molecule has 2 heterocycles. The second-order valence-electron chi connectivity index (χ2n) is 5.59. The maximum absolute atomic E-state index is 4.79. The highest BCUT2D eigenvalue weighted by Crippen LogP contribution is 2.35. The van der Waals surface area contributed by atoms with E-state index in [0.29, 0.717) is 12.0 Å². The van der Waals surface area contributed by atoms with E-state index in [0.717, 1.165) is 6.54 Å². The molecular formula is C15H27N3S. The Bertz CT molecular complexity index is 361. The average Bonchev–Trinajstić information content (AvgIpc) is 2.71. The van der Waals surface area contributed by atoms with Crippen LogP contribution in [0.25, 0.3) is 0 Å². The van der Waals surface area contributed by atoms with Gasteiger partial charge in [-0.05, 0) is 58.8 Å². The van der Waals surface area contributed by atoms with Crippen molar-refractivity contribution >= 4 is 11.3 Å². The molecule has 1 aromatic heterocycles. The lowest BCUT2D eigenvalue weighted by Crippen LogP contribution is -2.37. The summed E-state index contributed by atoms with van der Waals surface area (Å²) in [5.41, 5.74) is 1.30. The predicted octanol–water partition coefficient (Wildman–Crippen LogP) is 3.22. The quantitative estimate of drug-likeness (QED) is 0.898. The molecule has 1 N–H and O–H groups in total. The Labute approximate surface area is 121 Å². The standard InChI is InChI=1S/C15H27N3S/c1-4-8-18-9-6-5-7-13(10-16-3)15(18)14-11-19-12(2)17-14/h11,13,15-16H,4-10H2,1-3H3. The van der Waals surface area contributed by atoms with Gasteiger partial charge < -0.3 is 5.32 Å². The van der Waals surface area contributed by atoms with Gasteiger partial charge in [0.05, 0.1) is 16.7 Å². The van der Waals surface area contributed by atoms with Crippen LogP contribution >= 0.6 is 11.3 Å². The van der Waals surface area contributed by atoms with Crippen molar-refractivity contribution in [2.24, 2.45) is 5.92 Å². The Balaban J connectivity index is 2.25. The van der Waals surface area contributed by atoms with Crippen molar-refractivity contribution in [2.75, 3.05) is 26.7 Å². The fourth-order valence-corrected chi connectivity index (χ4v) is 3.92. The number of hydrogen-bond donors (Lipinski definition) is 1. The molecule has 0 saturated carbocycles. The normalized spacial score (nSPS) is 25.4. The van der Waals surface area contributed by atoms with E-state index in [9.17, 15) is 0 Å². The lowest BCUT2D eigenvalue weighted by molar-refractivity contribution is 0.151. The Morgan fingerprint density at radius 1 is 1.47 bits per heavy atom. The highest BCUT2D eigenvalue weighted by Gasteiger charge is 2.31. The lowest BCUT2D eigenvalue weighted by Gasteiger charge is -2.34. The summed E-state index contributed by atoms with van der Waals surface area (Å²) in [6, 6.07) is 0.514. The van der Waals surface area contributed by atoms with Crippen LogP contribution in [-0.2, 0) is 0 Å². The van der Waals surface area contributed by atoms with Crippen LogP contribution in [-0.4, -0.2) is 36.6 Å². The second-order valence-corrected chi connectivity index (χ2v) is 6.65. The van der Waals surface area contributed by atoms with E-state index in [1.165, 1.54) is 49.5 Å². The molecule has 2 rings (SSSR count). The van der Waals surface area contributed by atoms with E-state index in [1.807, 2.05) is 0 Å². The number of hydrogen-bond acceptors (Lipinski definition) is 4. The van der Waals surface area contributed by atoms with E-state index in [4.69, 9.17) is 4.98 Å². The number of nitrogens with one attached hydrogen (secondary N) is 1. The van der Waals surface area contributed by atoms with Gasteiger partial charge in [-0.3, -0.25) is 4.90 Å². The molecule has 108 valence electrons. The Hall–Kier alpha value is -0.450. The smallest absolute Gasteiger partial charge is 0.0898 e. The van der Waals surface area contributed by atoms with E-state index < -0.39 is 0 Å². The molecule has 0 spiro atoms. The minimum Gasteiger partial charge on any atom is -0.319 e. The molecule has 0 aromatic carbocycles. The molecule has 0 amide bonds. The summed E-state index contributed by atoms with van der Waals surface area (Å²) in [5.74, 6) is 0.695. The SMILES string of the molecule is CCCN1CCCCC(CNC)C1c1csc(C)n1. The van der Waals surface area contributed by atoms with Crippen LogP contribution in [0.3, 0.4) is 0 Å². The van der Waals surface area contributed by atoms with Crippen molar-refractivity contribution in [1.29, 1.82) is 0 Å². The molecule has 1 aliphatic heterocycles. The molecule has 0 radical (unpaired) electrons. The van der Waals surface area contributed by atoms with Gasteiger partial charge in [-0.15, -0.1) is 11.3 Å². The number of likely N-dealkylation sites (tertiary alicyclic amines) is 1. The minimum absolute atomic E-state index is 0.514. The summed E-state index contributed by atoms with van der Waals surface area (Å²) in [6.45, 7) is 7.92. The molecule has 1 aliphatic rings. The summed E-state index contributed by atoms with van der Waals surface area (Å²) in [5, 5.41) is 6.85. The van der Waals surface area contributed by atoms with E-state index in [2.05, 4.69) is 36.5 Å². The van der Waals surface area contributed by atoms with Gasteiger partial charge in [-0.1, -0.05) is 13.3 Å². The van der Waals surface area contributed by atoms with Crippen molar-refractivity contribution in [2.45, 2.75) is 45.6 Å². The predicted molar refractivity (Wildman–Crippen MR) is 82.7 cm³/mol. The highest BCUT2D eigenvalue weighted by molar-refractivity contribution is 7.09. The molecular weight excluding hydrogens is 254 g/mol. The van der Waals surface area contributed by atoms with Crippen LogP contribution in [0.2, 0.25) is 0 Å². The molecule has 3 nitrogen and oxygen atoms in total. The van der Waals surface area contributed by atoms with Crippen molar-refractivity contribution < 1.29 is 0 Å². The molecule has 2 unspecified atom stereocenters. The van der Waals surface area contributed by atoms with Gasteiger partial charge in [0.2, 0.25) is 0 Å². The van der Waals surface area contributed by atoms with E-state index in [-0.39, 0.29) is 0 Å². The van der Waals surface area contributed by atoms with E-state index >= 15 is 0 Å². The monoisotopic (exact) mass is 281 g/mol. The molecule has 1 saturated heterocycles. The summed E-state index contributed by atoms with van der Waals surface area (Å²) < 4.78 is 0. The molecule has 1 aromatic rings. The first kappa shape index (κ1) is 14.9. The van der Waals surface area contributed by atoms with Crippen LogP contribution < -0.4 is 5.32 Å². The number of aromatic nitrogens is 1. The Morgan fingerprint density at radius 2 is 2.32 bits per heavy atom. The van der Waals surface area contributed by atoms with Crippen molar-refractivity contribution in [3.63, 3.8) is 0 Å². The first-order valence-electron chi connectivity index (χ1n) is 7.57. The Morgan fingerprint density at radius 3 is 2.95 bits per heavy atom. The van der Waals surface area contributed by atoms with Crippen LogP contribution in [0.4, 0.5) is 0 Å². The van der Waals surface area contributed by atoms with Crippen LogP contribution in [0, 0.1) is 12.8 Å². The maximum atomic E-state index is 4.79. The van der Waals surface area contributed by atoms with Gasteiger partial charge in [-0.2, -0.15) is 0 Å². The van der Waals surface area contributed by atoms with Gasteiger partial charge in [0.25, 0.3) is 0 Å². The molecule has 0 aliphatic carbocycles. The third kappa shape index (κ3) is 3.77. The summed E-state index contributed by atoms with van der Waals surface area (Å²) >= 11 is 1.79. The van der Waals surface area contributed by atoms with Gasteiger partial charge in [0, 0.05) is 5.38 Å². The van der Waals surface area contributed by atoms with Gasteiger partial charge in [0.1, 0.15) is 0 Å². The number of aryl methyl sites for hydroxylation is 1. The zero-order valence-corrected chi connectivity index (χ0v) is 13.3. The molecule has 19 heavy (non-hydrogen) atoms. The molecule has 0 bridgehead atoms. The number of rotatable bonds is 5. The van der Waals surface area contributed by atoms with Gasteiger partial charge >= 0.3 is 0 Å². The minimum atomic E-state index is 0.514. The zero-order valence-electron chi connectivity index (χ0n) is 12.5. The Kier molecular flexibility index (Phi) is 5.79. The number of nitrogens with zero attached hydrogens (tertiary/aromatic N) is 2. The largest absolute Gasteiger partial charge is 0.319 e. The number of thiazole rings is 1. The lowest BCUT2D eigenvalue weighted by atomic mass is 9.92. The molecule has 4 heteroatoms. The second kappa shape index (κ2) is 7.36. The molecule has 1 fully saturated rings. The fourth-order valence-electron chi connectivity index (χ4n) is 3.28. The van der Waals surface area contributed by atoms with Crippen LogP contribution in [0.5, 0.6) is 0 Å². The highest BCUT2D eigenvalue weighted by atomic mass is 32.1. The van der Waals surface area contributed by atoms with Crippen molar-refractivity contribution in [3.8, 4) is 0 Å². The first-order chi connectivity index (χ1) is 9.26. The van der Waals surface area contributed by atoms with Crippen molar-refractivity contribution in [1.82, 2.24) is 15.2 Å². The molecule has 2 atom stereocenters. The third-order valence-electron chi connectivity index (χ3n) is 4.03. The third-order valence-corrected chi connectivity index (χ3v) is 4.82. The summed E-state index contributed by atoms with van der Waals surface area (Å²) in [7, 11) is 2.07.